The smallest absolute Gasteiger partial charge is 0.341 e. The van der Waals surface area contributed by atoms with Crippen LogP contribution in [0.1, 0.15) is 41.7 Å². The normalized spacial score (nSPS) is 21.8. The van der Waals surface area contributed by atoms with Crippen LogP contribution in [-0.4, -0.2) is 48.9 Å². The van der Waals surface area contributed by atoms with Gasteiger partial charge in [0.25, 0.3) is 0 Å². The van der Waals surface area contributed by atoms with Crippen LogP contribution in [-0.2, 0) is 0 Å². The molecule has 4 rings (SSSR count). The summed E-state index contributed by atoms with van der Waals surface area (Å²) in [6, 6.07) is 0.306. The number of pyridine rings is 1. The number of hydrogen-bond donors (Lipinski definition) is 2. The van der Waals surface area contributed by atoms with Crippen LogP contribution in [0, 0.1) is 18.7 Å². The number of fused-ring (bicyclic) bond motifs is 1. The number of aromatic carboxylic acids is 1. The molecule has 2 fully saturated rings. The summed E-state index contributed by atoms with van der Waals surface area (Å²) in [6.45, 7) is 4.93. The molecule has 2 atom stereocenters. The summed E-state index contributed by atoms with van der Waals surface area (Å²) in [5.74, 6) is -1.22. The van der Waals surface area contributed by atoms with E-state index in [1.165, 1.54) is 13.3 Å². The summed E-state index contributed by atoms with van der Waals surface area (Å²) >= 11 is 0. The standard InChI is InChI=1S/C21H26FN3O4/c1-10-7-24(9-14(10)23-3)18-16(22)11(2)15-17(20(18)29-4)25(12-5-6-12)8-13(19(15)26)21(27)28/h8,10,12,14,23H,5-7,9H2,1-4H3,(H,27,28)/t10-,14+/m0/s1. The van der Waals surface area contributed by atoms with Crippen molar-refractivity contribution in [2.45, 2.75) is 38.8 Å². The lowest BCUT2D eigenvalue weighted by molar-refractivity contribution is 0.0695. The van der Waals surface area contributed by atoms with Crippen LogP contribution in [0.25, 0.3) is 10.9 Å². The van der Waals surface area contributed by atoms with Crippen molar-refractivity contribution in [2.75, 3.05) is 32.1 Å². The van der Waals surface area contributed by atoms with E-state index in [0.29, 0.717) is 36.0 Å². The summed E-state index contributed by atoms with van der Waals surface area (Å²) in [5, 5.41) is 12.9. The molecule has 0 amide bonds. The van der Waals surface area contributed by atoms with E-state index >= 15 is 4.39 Å². The highest BCUT2D eigenvalue weighted by molar-refractivity contribution is 5.99. The molecule has 0 radical (unpaired) electrons. The predicted molar refractivity (Wildman–Crippen MR) is 109 cm³/mol. The minimum absolute atomic E-state index is 0.0883. The van der Waals surface area contributed by atoms with Gasteiger partial charge in [0.2, 0.25) is 5.43 Å². The van der Waals surface area contributed by atoms with E-state index in [1.807, 2.05) is 11.9 Å². The Morgan fingerprint density at radius 3 is 2.55 bits per heavy atom. The average Bonchev–Trinajstić information content (AvgIpc) is 3.46. The zero-order valence-electron chi connectivity index (χ0n) is 17.1. The number of nitrogens with zero attached hydrogens (tertiary/aromatic N) is 2. The number of ether oxygens (including phenoxy) is 1. The van der Waals surface area contributed by atoms with Gasteiger partial charge in [-0.05, 0) is 32.7 Å². The number of carboxylic acid groups (broad SMARTS) is 1. The average molecular weight is 403 g/mol. The number of methoxy groups -OCH3 is 1. The Balaban J connectivity index is 2.06. The maximum Gasteiger partial charge on any atom is 0.341 e. The Hall–Kier alpha value is -2.61. The van der Waals surface area contributed by atoms with Gasteiger partial charge in [0, 0.05) is 36.9 Å². The fourth-order valence-electron chi connectivity index (χ4n) is 4.51. The molecule has 2 heterocycles. The molecular weight excluding hydrogens is 377 g/mol. The topological polar surface area (TPSA) is 83.8 Å². The van der Waals surface area contributed by atoms with Crippen molar-refractivity contribution in [3.8, 4) is 5.75 Å². The summed E-state index contributed by atoms with van der Waals surface area (Å²) in [7, 11) is 3.36. The van der Waals surface area contributed by atoms with Gasteiger partial charge < -0.3 is 24.6 Å². The molecule has 2 aromatic rings. The summed E-state index contributed by atoms with van der Waals surface area (Å²) in [6.07, 6.45) is 3.15. The highest BCUT2D eigenvalue weighted by Crippen LogP contribution is 2.45. The third-order valence-electron chi connectivity index (χ3n) is 6.25. The molecule has 8 heteroatoms. The van der Waals surface area contributed by atoms with Gasteiger partial charge in [-0.1, -0.05) is 6.92 Å². The van der Waals surface area contributed by atoms with E-state index in [2.05, 4.69) is 12.2 Å². The summed E-state index contributed by atoms with van der Waals surface area (Å²) in [5.41, 5.74) is -0.0161. The monoisotopic (exact) mass is 403 g/mol. The number of hydrogen-bond acceptors (Lipinski definition) is 5. The van der Waals surface area contributed by atoms with Gasteiger partial charge in [0.05, 0.1) is 18.0 Å². The number of aryl methyl sites for hydroxylation is 1. The fourth-order valence-corrected chi connectivity index (χ4v) is 4.51. The number of halogens is 1. The number of anilines is 1. The first-order valence-electron chi connectivity index (χ1n) is 9.90. The van der Waals surface area contributed by atoms with Crippen molar-refractivity contribution < 1.29 is 19.0 Å². The van der Waals surface area contributed by atoms with Crippen molar-refractivity contribution in [2.24, 2.45) is 5.92 Å². The quantitative estimate of drug-likeness (QED) is 0.798. The first kappa shape index (κ1) is 19.7. The van der Waals surface area contributed by atoms with Crippen LogP contribution < -0.4 is 20.4 Å². The van der Waals surface area contributed by atoms with Gasteiger partial charge in [0.1, 0.15) is 11.3 Å². The third kappa shape index (κ3) is 2.97. The van der Waals surface area contributed by atoms with Crippen LogP contribution in [0.3, 0.4) is 0 Å². The molecule has 2 N–H and O–H groups in total. The maximum absolute atomic E-state index is 15.6. The Morgan fingerprint density at radius 2 is 2.03 bits per heavy atom. The Kier molecular flexibility index (Phi) is 4.77. The number of carboxylic acids is 1. The van der Waals surface area contributed by atoms with Crippen molar-refractivity contribution in [3.63, 3.8) is 0 Å². The maximum atomic E-state index is 15.6. The number of rotatable bonds is 5. The molecule has 2 aliphatic rings. The second-order valence-corrected chi connectivity index (χ2v) is 8.14. The van der Waals surface area contributed by atoms with Gasteiger partial charge in [0.15, 0.2) is 11.6 Å². The van der Waals surface area contributed by atoms with Crippen LogP contribution in [0.15, 0.2) is 11.0 Å². The van der Waals surface area contributed by atoms with Gasteiger partial charge >= 0.3 is 5.97 Å². The second kappa shape index (κ2) is 7.02. The van der Waals surface area contributed by atoms with Crippen molar-refractivity contribution in [3.05, 3.63) is 33.4 Å². The van der Waals surface area contributed by atoms with Crippen LogP contribution in [0.2, 0.25) is 0 Å². The van der Waals surface area contributed by atoms with E-state index in [-0.39, 0.29) is 28.6 Å². The molecule has 1 aromatic heterocycles. The van der Waals surface area contributed by atoms with Gasteiger partial charge in [-0.3, -0.25) is 4.79 Å². The van der Waals surface area contributed by atoms with Crippen molar-refractivity contribution in [1.29, 1.82) is 0 Å². The van der Waals surface area contributed by atoms with Gasteiger partial charge in [-0.25, -0.2) is 9.18 Å². The zero-order valence-corrected chi connectivity index (χ0v) is 17.1. The molecular formula is C21H26FN3O4. The molecule has 1 aliphatic heterocycles. The molecule has 7 nitrogen and oxygen atoms in total. The van der Waals surface area contributed by atoms with Crippen LogP contribution in [0.5, 0.6) is 5.75 Å². The number of likely N-dealkylation sites (N-methyl/N-ethyl adjacent to an activating group) is 1. The summed E-state index contributed by atoms with van der Waals surface area (Å²) < 4.78 is 23.1. The lowest BCUT2D eigenvalue weighted by atomic mass is 10.0. The Morgan fingerprint density at radius 1 is 1.34 bits per heavy atom. The molecule has 0 bridgehead atoms. The van der Waals surface area contributed by atoms with Crippen LogP contribution >= 0.6 is 0 Å². The van der Waals surface area contributed by atoms with E-state index in [4.69, 9.17) is 4.74 Å². The number of aromatic nitrogens is 1. The highest BCUT2D eigenvalue weighted by atomic mass is 19.1. The van der Waals surface area contributed by atoms with Crippen molar-refractivity contribution >= 4 is 22.6 Å². The minimum atomic E-state index is -1.31. The van der Waals surface area contributed by atoms with E-state index in [0.717, 1.165) is 12.8 Å². The minimum Gasteiger partial charge on any atom is -0.492 e. The fraction of sp³-hybridized carbons (Fsp3) is 0.524. The first-order valence-corrected chi connectivity index (χ1v) is 9.90. The SMILES string of the molecule is CN[C@@H]1CN(c2c(F)c(C)c3c(=O)c(C(=O)O)cn(C4CC4)c3c2OC)C[C@@H]1C. The Labute approximate surface area is 168 Å². The van der Waals surface area contributed by atoms with E-state index in [9.17, 15) is 14.7 Å². The molecule has 0 unspecified atom stereocenters. The predicted octanol–water partition coefficient (Wildman–Crippen LogP) is 2.53. The molecule has 29 heavy (non-hydrogen) atoms. The molecule has 1 aliphatic carbocycles. The molecule has 156 valence electrons. The zero-order chi connectivity index (χ0) is 21.0. The third-order valence-corrected chi connectivity index (χ3v) is 6.25. The second-order valence-electron chi connectivity index (χ2n) is 8.14. The van der Waals surface area contributed by atoms with Crippen LogP contribution in [0.4, 0.5) is 10.1 Å². The van der Waals surface area contributed by atoms with E-state index < -0.39 is 17.2 Å². The first-order chi connectivity index (χ1) is 13.8. The largest absolute Gasteiger partial charge is 0.492 e. The lowest BCUT2D eigenvalue weighted by Crippen LogP contribution is -2.32. The summed E-state index contributed by atoms with van der Waals surface area (Å²) in [4.78, 5) is 26.5. The van der Waals surface area contributed by atoms with E-state index in [1.54, 1.807) is 11.5 Å². The molecule has 0 spiro atoms. The number of carbonyl (C=O) groups is 1. The molecule has 1 saturated heterocycles. The van der Waals surface area contributed by atoms with Gasteiger partial charge in [-0.2, -0.15) is 0 Å². The molecule has 1 saturated carbocycles. The van der Waals surface area contributed by atoms with Crippen molar-refractivity contribution in [1.82, 2.24) is 9.88 Å². The number of nitrogens with one attached hydrogen (secondary N) is 1. The van der Waals surface area contributed by atoms with Gasteiger partial charge in [-0.15, -0.1) is 0 Å². The molecule has 1 aromatic carbocycles. The highest BCUT2D eigenvalue weighted by Gasteiger charge is 2.36. The number of benzene rings is 1. The lowest BCUT2D eigenvalue weighted by Gasteiger charge is -2.26. The Bertz CT molecular complexity index is 1060.